The van der Waals surface area contributed by atoms with E-state index >= 15 is 0 Å². The number of hydroxylamine groups is 1. The van der Waals surface area contributed by atoms with Crippen molar-refractivity contribution in [2.24, 2.45) is 10.8 Å². The number of carbonyl (C=O) groups excluding carboxylic acids is 1. The number of rotatable bonds is 5. The Bertz CT molecular complexity index is 1340. The van der Waals surface area contributed by atoms with Crippen LogP contribution in [-0.4, -0.2) is 77.1 Å². The number of aliphatic hydroxyl groups is 2. The second-order valence-corrected chi connectivity index (χ2v) is 9.05. The van der Waals surface area contributed by atoms with Gasteiger partial charge in [-0.25, -0.2) is 19.9 Å². The summed E-state index contributed by atoms with van der Waals surface area (Å²) in [7, 11) is 0. The number of hydrogen-bond donors (Lipinski definition) is 7. The van der Waals surface area contributed by atoms with E-state index in [0.29, 0.717) is 11.3 Å². The van der Waals surface area contributed by atoms with Crippen molar-refractivity contribution in [1.29, 1.82) is 0 Å². The quantitative estimate of drug-likeness (QED) is 0.0690. The molecule has 4 rings (SSSR count). The molecule has 2 saturated heterocycles. The largest absolute Gasteiger partial charge is 0.394 e. The lowest BCUT2D eigenvalue weighted by molar-refractivity contribution is -0.0271. The van der Waals surface area contributed by atoms with Gasteiger partial charge in [-0.2, -0.15) is 4.98 Å². The molecular weight excluding hydrogens is 544 g/mol. The number of carbonyl (C=O) groups is 1. The molecule has 0 aromatic carbocycles. The van der Waals surface area contributed by atoms with Gasteiger partial charge >= 0.3 is 17.4 Å². The SMILES string of the molecule is Cc1cn([C@H]2C[C@H](N=[N+]=[N-])[C@@H](CO)O2)c(=O)[nH]c1=O.NC(=O)NO.Nc1ccn([C@@H]2CS[C@H](CO)O2)c(=O)n1. The number of nitrogens with two attached hydrogens (primary N) is 2. The zero-order chi connectivity index (χ0) is 29.1. The number of hydrogen-bond acceptors (Lipinski definition) is 13. The van der Waals surface area contributed by atoms with E-state index < -0.39 is 41.3 Å². The lowest BCUT2D eigenvalue weighted by Crippen LogP contribution is -2.33. The molecule has 2 aromatic rings. The smallest absolute Gasteiger partial charge is 0.351 e. The Labute approximate surface area is 222 Å². The molecule has 5 atom stereocenters. The number of aryl methyl sites for hydroxylation is 1. The number of aliphatic hydroxyl groups excluding tert-OH is 2. The summed E-state index contributed by atoms with van der Waals surface area (Å²) < 4.78 is 13.5. The van der Waals surface area contributed by atoms with Crippen molar-refractivity contribution in [3.8, 4) is 0 Å². The number of thioether (sulfide) groups is 1. The minimum atomic E-state index is -0.940. The van der Waals surface area contributed by atoms with Gasteiger partial charge in [-0.05, 0) is 18.5 Å². The first-order chi connectivity index (χ1) is 18.5. The van der Waals surface area contributed by atoms with Crippen LogP contribution >= 0.6 is 11.8 Å². The topological polar surface area (TPSA) is 299 Å². The second kappa shape index (κ2) is 14.9. The normalized spacial score (nSPS) is 23.4. The molecule has 0 bridgehead atoms. The van der Waals surface area contributed by atoms with E-state index in [0.717, 1.165) is 0 Å². The summed E-state index contributed by atoms with van der Waals surface area (Å²) >= 11 is 1.47. The van der Waals surface area contributed by atoms with Crippen molar-refractivity contribution >= 4 is 23.6 Å². The van der Waals surface area contributed by atoms with Gasteiger partial charge in [-0.15, -0.1) is 11.8 Å². The van der Waals surface area contributed by atoms with Gasteiger partial charge in [0.2, 0.25) is 0 Å². The Morgan fingerprint density at radius 1 is 1.31 bits per heavy atom. The molecule has 20 heteroatoms. The van der Waals surface area contributed by atoms with Crippen LogP contribution in [0.4, 0.5) is 10.6 Å². The minimum Gasteiger partial charge on any atom is -0.394 e. The number of anilines is 1. The Balaban J connectivity index is 0.000000238. The van der Waals surface area contributed by atoms with Crippen molar-refractivity contribution in [3.63, 3.8) is 0 Å². The van der Waals surface area contributed by atoms with E-state index in [1.807, 2.05) is 0 Å². The van der Waals surface area contributed by atoms with Crippen LogP contribution in [0.3, 0.4) is 0 Å². The molecule has 2 aliphatic heterocycles. The number of ether oxygens (including phenoxy) is 2. The van der Waals surface area contributed by atoms with Crippen LogP contribution in [-0.2, 0) is 9.47 Å². The number of urea groups is 1. The van der Waals surface area contributed by atoms with Crippen molar-refractivity contribution in [2.75, 3.05) is 24.7 Å². The number of primary amides is 1. The summed E-state index contributed by atoms with van der Waals surface area (Å²) in [5.41, 5.74) is 17.9. The van der Waals surface area contributed by atoms with Crippen LogP contribution in [0, 0.1) is 6.92 Å². The molecule has 214 valence electrons. The average molecular weight is 573 g/mol. The van der Waals surface area contributed by atoms with Gasteiger partial charge in [0.1, 0.15) is 23.7 Å². The van der Waals surface area contributed by atoms with Gasteiger partial charge in [0, 0.05) is 35.0 Å². The number of H-pyrrole nitrogens is 1. The van der Waals surface area contributed by atoms with E-state index in [1.54, 1.807) is 19.2 Å². The fourth-order valence-corrected chi connectivity index (χ4v) is 4.30. The number of azide groups is 1. The molecule has 0 unspecified atom stereocenters. The van der Waals surface area contributed by atoms with Crippen LogP contribution in [0.15, 0.2) is 38.0 Å². The van der Waals surface area contributed by atoms with E-state index in [2.05, 4.69) is 25.7 Å². The van der Waals surface area contributed by atoms with E-state index in [-0.39, 0.29) is 37.1 Å². The molecule has 0 spiro atoms. The van der Waals surface area contributed by atoms with Gasteiger partial charge in [-0.1, -0.05) is 5.11 Å². The fourth-order valence-electron chi connectivity index (χ4n) is 3.37. The monoisotopic (exact) mass is 572 g/mol. The first-order valence-corrected chi connectivity index (χ1v) is 12.1. The maximum atomic E-state index is 11.7. The molecule has 39 heavy (non-hydrogen) atoms. The molecule has 0 aliphatic carbocycles. The van der Waals surface area contributed by atoms with Crippen molar-refractivity contribution in [2.45, 2.75) is 43.4 Å². The van der Waals surface area contributed by atoms with E-state index in [9.17, 15) is 19.2 Å². The average Bonchev–Trinajstić information content (AvgIpc) is 3.54. The maximum Gasteiger partial charge on any atom is 0.351 e. The first kappa shape index (κ1) is 31.3. The summed E-state index contributed by atoms with van der Waals surface area (Å²) in [4.78, 5) is 52.1. The second-order valence-electron chi connectivity index (χ2n) is 7.85. The third-order valence-electron chi connectivity index (χ3n) is 5.19. The molecule has 4 heterocycles. The molecular formula is C19H28N10O9S. The number of nitrogen functional groups attached to an aromatic ring is 1. The van der Waals surface area contributed by atoms with Gasteiger partial charge in [0.15, 0.2) is 0 Å². The maximum absolute atomic E-state index is 11.7. The Kier molecular flexibility index (Phi) is 11.9. The molecule has 0 radical (unpaired) electrons. The number of nitrogens with one attached hydrogen (secondary N) is 2. The molecule has 0 saturated carbocycles. The lowest BCUT2D eigenvalue weighted by atomic mass is 10.1. The fraction of sp³-hybridized carbons (Fsp3) is 0.526. The number of nitrogens with zero attached hydrogens (tertiary/aromatic N) is 6. The molecule has 2 aliphatic rings. The van der Waals surface area contributed by atoms with Crippen molar-refractivity contribution in [1.82, 2.24) is 24.6 Å². The number of aromatic nitrogens is 4. The molecule has 2 amide bonds. The molecule has 2 fully saturated rings. The third-order valence-corrected chi connectivity index (χ3v) is 6.30. The van der Waals surface area contributed by atoms with Crippen LogP contribution < -0.4 is 33.9 Å². The molecule has 2 aromatic heterocycles. The summed E-state index contributed by atoms with van der Waals surface area (Å²) in [5.74, 6) is 0.817. The van der Waals surface area contributed by atoms with Crippen LogP contribution in [0.1, 0.15) is 24.4 Å². The Morgan fingerprint density at radius 3 is 2.54 bits per heavy atom. The Morgan fingerprint density at radius 2 is 2.00 bits per heavy atom. The third kappa shape index (κ3) is 8.82. The van der Waals surface area contributed by atoms with Crippen LogP contribution in [0.2, 0.25) is 0 Å². The predicted octanol–water partition coefficient (Wildman–Crippen LogP) is -1.75. The highest BCUT2D eigenvalue weighted by atomic mass is 32.2. The lowest BCUT2D eigenvalue weighted by Gasteiger charge is -2.14. The first-order valence-electron chi connectivity index (χ1n) is 11.1. The zero-order valence-electron chi connectivity index (χ0n) is 20.5. The van der Waals surface area contributed by atoms with Crippen molar-refractivity contribution < 1.29 is 29.7 Å². The summed E-state index contributed by atoms with van der Waals surface area (Å²) in [6.45, 7) is 1.20. The predicted molar refractivity (Wildman–Crippen MR) is 135 cm³/mol. The number of amides is 2. The Hall–Kier alpha value is -3.91. The van der Waals surface area contributed by atoms with Crippen LogP contribution in [0.5, 0.6) is 0 Å². The summed E-state index contributed by atoms with van der Waals surface area (Å²) in [6, 6.07) is 0.0611. The standard InChI is InChI=1S/C10H13N5O4.C8H11N3O3S.CH4N2O2/c1-5-3-15(10(18)12-9(5)17)8-2-6(13-14-11)7(4-16)19-8;9-5-1-2-11(8(13)10-5)6-4-15-7(3-12)14-6;2-1(4)3-5/h3,6-8,16H,2,4H2,1H3,(H,12,17,18);1-2,6-7,12H,3-4H2,(H2,9,10,13);5H,(H3,2,3,4)/t6-,7+,8+;6-,7+;/m00./s1. The number of aromatic amines is 1. The zero-order valence-corrected chi connectivity index (χ0v) is 21.3. The summed E-state index contributed by atoms with van der Waals surface area (Å²) in [6.07, 6.45) is 1.51. The minimum absolute atomic E-state index is 0.0572. The van der Waals surface area contributed by atoms with Crippen LogP contribution in [0.25, 0.3) is 10.4 Å². The molecule has 19 nitrogen and oxygen atoms in total. The van der Waals surface area contributed by atoms with Gasteiger partial charge in [-0.3, -0.25) is 24.1 Å². The van der Waals surface area contributed by atoms with E-state index in [1.165, 1.54) is 32.6 Å². The summed E-state index contributed by atoms with van der Waals surface area (Å²) in [5, 5.41) is 29.0. The highest BCUT2D eigenvalue weighted by Crippen LogP contribution is 2.30. The van der Waals surface area contributed by atoms with Gasteiger partial charge < -0.3 is 31.2 Å². The van der Waals surface area contributed by atoms with Crippen molar-refractivity contribution in [3.05, 3.63) is 65.8 Å². The van der Waals surface area contributed by atoms with E-state index in [4.69, 9.17) is 36.2 Å². The highest BCUT2D eigenvalue weighted by Gasteiger charge is 2.35. The molecule has 9 N–H and O–H groups in total. The highest BCUT2D eigenvalue weighted by molar-refractivity contribution is 8.00. The van der Waals surface area contributed by atoms with Gasteiger partial charge in [0.25, 0.3) is 5.56 Å². The van der Waals surface area contributed by atoms with Gasteiger partial charge in [0.05, 0.1) is 25.4 Å².